The summed E-state index contributed by atoms with van der Waals surface area (Å²) in [7, 11) is 0. The molecule has 0 unspecified atom stereocenters. The van der Waals surface area contributed by atoms with E-state index in [4.69, 9.17) is 5.21 Å². The van der Waals surface area contributed by atoms with E-state index < -0.39 is 24.2 Å². The average molecular weight is 196 g/mol. The maximum absolute atomic E-state index is 13.0. The summed E-state index contributed by atoms with van der Waals surface area (Å²) >= 11 is 0. The zero-order valence-corrected chi connectivity index (χ0v) is 6.12. The lowest BCUT2D eigenvalue weighted by molar-refractivity contribution is -0.132. The predicted octanol–water partition coefficient (Wildman–Crippen LogP) is -0.843. The number of nitrogens with zero attached hydrogens (tertiary/aromatic N) is 1. The quantitative estimate of drug-likeness (QED) is 0.433. The van der Waals surface area contributed by atoms with Crippen LogP contribution in [0.2, 0.25) is 0 Å². The summed E-state index contributed by atoms with van der Waals surface area (Å²) in [6, 6.07) is -0.837. The molecule has 1 fully saturated rings. The van der Waals surface area contributed by atoms with Crippen molar-refractivity contribution in [1.29, 1.82) is 0 Å². The number of halogens is 2. The van der Waals surface area contributed by atoms with Gasteiger partial charge in [-0.05, 0) is 5.16 Å². The molecule has 0 aliphatic carbocycles. The van der Waals surface area contributed by atoms with Crippen LogP contribution >= 0.6 is 0 Å². The maximum atomic E-state index is 13.0. The van der Waals surface area contributed by atoms with Gasteiger partial charge in [-0.2, -0.15) is 10.5 Å². The molecular weight excluding hydrogens is 190 g/mol. The number of amides is 2. The van der Waals surface area contributed by atoms with E-state index >= 15 is 0 Å². The van der Waals surface area contributed by atoms with Crippen LogP contribution in [-0.4, -0.2) is 29.4 Å². The van der Waals surface area contributed by atoms with Gasteiger partial charge in [0.1, 0.15) is 6.17 Å². The lowest BCUT2D eigenvalue weighted by Crippen LogP contribution is -2.64. The van der Waals surface area contributed by atoms with Crippen LogP contribution in [0.1, 0.15) is 0 Å². The Morgan fingerprint density at radius 2 is 2.38 bits per heavy atom. The number of rotatable bonds is 2. The van der Waals surface area contributed by atoms with Gasteiger partial charge in [-0.25, -0.2) is 9.18 Å². The minimum atomic E-state index is -1.93. The van der Waals surface area contributed by atoms with E-state index in [1.165, 1.54) is 5.48 Å². The second-order valence-electron chi connectivity index (χ2n) is 2.15. The van der Waals surface area contributed by atoms with Crippen molar-refractivity contribution in [3.8, 4) is 0 Å². The molecule has 2 amide bonds. The lowest BCUT2D eigenvalue weighted by atomic mass is 10.2. The van der Waals surface area contributed by atoms with Crippen LogP contribution in [0.5, 0.6) is 0 Å². The largest absolute Gasteiger partial charge is 0.321 e. The minimum Gasteiger partial charge on any atom is -0.317 e. The lowest BCUT2D eigenvalue weighted by Gasteiger charge is -2.26. The van der Waals surface area contributed by atoms with Crippen molar-refractivity contribution in [2.75, 3.05) is 0 Å². The smallest absolute Gasteiger partial charge is 0.317 e. The van der Waals surface area contributed by atoms with Crippen LogP contribution in [-0.2, 0) is 5.04 Å². The normalized spacial score (nSPS) is 31.0. The fourth-order valence-electron chi connectivity index (χ4n) is 0.802. The number of amidine groups is 1. The van der Waals surface area contributed by atoms with Gasteiger partial charge < -0.3 is 10.5 Å². The molecule has 0 saturated carbocycles. The van der Waals surface area contributed by atoms with Crippen molar-refractivity contribution in [3.05, 3.63) is 0 Å². The van der Waals surface area contributed by atoms with Crippen LogP contribution in [0.4, 0.5) is 13.7 Å². The molecule has 74 valence electrons. The molecule has 13 heavy (non-hydrogen) atoms. The summed E-state index contributed by atoms with van der Waals surface area (Å²) in [6.45, 7) is 0. The molecule has 0 spiro atoms. The number of hydrogen-bond donors (Lipinski definition) is 4. The fraction of sp³-hybridized carbons (Fsp3) is 0.500. The Balaban J connectivity index is 2.74. The van der Waals surface area contributed by atoms with Gasteiger partial charge in [0, 0.05) is 4.53 Å². The molecule has 1 aliphatic rings. The first-order valence-corrected chi connectivity index (χ1v) is 3.16. The van der Waals surface area contributed by atoms with Gasteiger partial charge in [0.05, 0.1) is 0 Å². The number of nitrogens with one attached hydrogen (secondary N) is 3. The third-order valence-corrected chi connectivity index (χ3v) is 1.35. The Kier molecular flexibility index (Phi) is 2.93. The Bertz CT molecular complexity index is 235. The van der Waals surface area contributed by atoms with Crippen LogP contribution in [0.15, 0.2) is 5.16 Å². The number of hydroxylamine groups is 1. The topological polar surface area (TPSA) is 95.0 Å². The van der Waals surface area contributed by atoms with Crippen LogP contribution in [0.3, 0.4) is 0 Å². The Morgan fingerprint density at radius 3 is 2.92 bits per heavy atom. The molecule has 4 N–H and O–H groups in total. The standard InChI is InChI=1S/C4H6F2N4O3/c5-1-2(9-12)7-4(11)8-3(1)10-13-6/h1-2,9,12H,(H2,7,8,10,11)/t1-,2+/m0/s1. The third kappa shape index (κ3) is 2.00. The van der Waals surface area contributed by atoms with Crippen molar-refractivity contribution < 1.29 is 24.0 Å². The molecule has 1 saturated heterocycles. The fourth-order valence-corrected chi connectivity index (χ4v) is 0.802. The summed E-state index contributed by atoms with van der Waals surface area (Å²) in [5.74, 6) is -0.669. The van der Waals surface area contributed by atoms with Gasteiger partial charge in [-0.15, -0.1) is 0 Å². The van der Waals surface area contributed by atoms with Crippen molar-refractivity contribution in [1.82, 2.24) is 16.1 Å². The molecule has 1 heterocycles. The zero-order valence-electron chi connectivity index (χ0n) is 6.12. The summed E-state index contributed by atoms with van der Waals surface area (Å²) in [5.41, 5.74) is 1.47. The summed E-state index contributed by atoms with van der Waals surface area (Å²) in [5, 5.41) is 17.5. The van der Waals surface area contributed by atoms with E-state index in [-0.39, 0.29) is 0 Å². The van der Waals surface area contributed by atoms with E-state index in [1.54, 1.807) is 0 Å². The number of carbonyl (C=O) groups excluding carboxylic acids is 1. The van der Waals surface area contributed by atoms with Gasteiger partial charge in [0.25, 0.3) is 0 Å². The second kappa shape index (κ2) is 3.96. The molecule has 0 aromatic carbocycles. The van der Waals surface area contributed by atoms with E-state index in [0.717, 1.165) is 0 Å². The predicted molar refractivity (Wildman–Crippen MR) is 34.9 cm³/mol. The molecule has 1 aliphatic heterocycles. The van der Waals surface area contributed by atoms with E-state index in [9.17, 15) is 13.7 Å². The van der Waals surface area contributed by atoms with Crippen molar-refractivity contribution in [2.24, 2.45) is 5.16 Å². The highest BCUT2D eigenvalue weighted by atomic mass is 19.3. The first kappa shape index (κ1) is 9.61. The Labute approximate surface area is 70.6 Å². The first-order valence-electron chi connectivity index (χ1n) is 3.16. The number of carbonyl (C=O) groups is 1. The van der Waals surface area contributed by atoms with Crippen molar-refractivity contribution in [3.63, 3.8) is 0 Å². The number of alkyl halides is 1. The molecule has 2 atom stereocenters. The van der Waals surface area contributed by atoms with Gasteiger partial charge in [0.2, 0.25) is 0 Å². The van der Waals surface area contributed by atoms with Gasteiger partial charge in [-0.3, -0.25) is 5.32 Å². The monoisotopic (exact) mass is 196 g/mol. The number of urea groups is 1. The molecule has 0 radical (unpaired) electrons. The highest BCUT2D eigenvalue weighted by Gasteiger charge is 2.34. The number of hydrogen-bond acceptors (Lipinski definition) is 5. The summed E-state index contributed by atoms with van der Waals surface area (Å²) < 4.78 is 24.2. The molecule has 1 rings (SSSR count). The molecular formula is C4H6F2N4O3. The third-order valence-electron chi connectivity index (χ3n) is 1.35. The summed E-state index contributed by atoms with van der Waals surface area (Å²) in [4.78, 5) is 10.7. The second-order valence-corrected chi connectivity index (χ2v) is 2.15. The average Bonchev–Trinajstić information content (AvgIpc) is 2.11. The highest BCUT2D eigenvalue weighted by Crippen LogP contribution is 2.03. The van der Waals surface area contributed by atoms with Crippen LogP contribution in [0, 0.1) is 0 Å². The van der Waals surface area contributed by atoms with E-state index in [1.807, 2.05) is 10.6 Å². The SMILES string of the molecule is O=C1NC(=NOF)[C@@H](F)[C@@H](NO)N1. The zero-order chi connectivity index (χ0) is 9.84. The van der Waals surface area contributed by atoms with E-state index in [0.29, 0.717) is 0 Å². The Morgan fingerprint density at radius 1 is 1.69 bits per heavy atom. The number of oxime groups is 1. The van der Waals surface area contributed by atoms with E-state index in [2.05, 4.69) is 10.2 Å². The van der Waals surface area contributed by atoms with Crippen LogP contribution in [0.25, 0.3) is 0 Å². The maximum Gasteiger partial charge on any atom is 0.321 e. The Hall–Kier alpha value is -1.48. The molecule has 7 nitrogen and oxygen atoms in total. The van der Waals surface area contributed by atoms with Gasteiger partial charge in [0.15, 0.2) is 12.0 Å². The van der Waals surface area contributed by atoms with Crippen molar-refractivity contribution >= 4 is 11.9 Å². The summed E-state index contributed by atoms with van der Waals surface area (Å²) in [6.07, 6.45) is -3.32. The molecule has 0 aromatic rings. The van der Waals surface area contributed by atoms with Gasteiger partial charge in [-0.1, -0.05) is 0 Å². The van der Waals surface area contributed by atoms with Gasteiger partial charge >= 0.3 is 6.03 Å². The molecule has 0 bridgehead atoms. The molecule has 9 heteroatoms. The first-order chi connectivity index (χ1) is 6.19. The molecule has 0 aromatic heterocycles. The van der Waals surface area contributed by atoms with Crippen LogP contribution < -0.4 is 16.1 Å². The highest BCUT2D eigenvalue weighted by molar-refractivity contribution is 6.02. The van der Waals surface area contributed by atoms with Crippen molar-refractivity contribution in [2.45, 2.75) is 12.3 Å². The minimum absolute atomic E-state index is 0.669.